The Bertz CT molecular complexity index is 1410. The molecule has 0 spiro atoms. The summed E-state index contributed by atoms with van der Waals surface area (Å²) in [5.74, 6) is -2.00. The molecule has 164 valence electrons. The number of imidazole rings is 1. The van der Waals surface area contributed by atoms with E-state index in [1.54, 1.807) is 36.9 Å². The fourth-order valence-electron chi connectivity index (χ4n) is 3.85. The lowest BCUT2D eigenvalue weighted by Gasteiger charge is -2.17. The van der Waals surface area contributed by atoms with E-state index >= 15 is 0 Å². The molecule has 1 aliphatic rings. The number of nitrogens with one attached hydrogen (secondary N) is 2. The van der Waals surface area contributed by atoms with Gasteiger partial charge in [-0.3, -0.25) is 9.20 Å². The topological polar surface area (TPSA) is 84.2 Å². The van der Waals surface area contributed by atoms with E-state index in [1.807, 2.05) is 0 Å². The molecule has 0 bridgehead atoms. The molecule has 0 atom stereocenters. The van der Waals surface area contributed by atoms with Gasteiger partial charge >= 0.3 is 0 Å². The molecule has 1 aromatic carbocycles. The highest BCUT2D eigenvalue weighted by Crippen LogP contribution is 2.41. The van der Waals surface area contributed by atoms with E-state index in [0.29, 0.717) is 33.5 Å². The normalized spacial score (nSPS) is 14.6. The molecule has 7 nitrogen and oxygen atoms in total. The molecule has 11 heteroatoms. The van der Waals surface area contributed by atoms with E-state index in [0.717, 1.165) is 12.1 Å². The SMILES string of the molecule is CNc1nc(-c2nc(Cc3c(F)ccc(F)c3F)n3ccsc23)nc2c1C(C)(C)C(=O)N2. The van der Waals surface area contributed by atoms with E-state index in [1.165, 1.54) is 11.3 Å². The van der Waals surface area contributed by atoms with Crippen LogP contribution in [0.25, 0.3) is 16.3 Å². The Labute approximate surface area is 184 Å². The molecule has 32 heavy (non-hydrogen) atoms. The zero-order valence-electron chi connectivity index (χ0n) is 17.3. The van der Waals surface area contributed by atoms with Crippen molar-refractivity contribution in [1.82, 2.24) is 19.4 Å². The summed E-state index contributed by atoms with van der Waals surface area (Å²) in [4.78, 5) is 26.7. The van der Waals surface area contributed by atoms with Gasteiger partial charge in [0.25, 0.3) is 0 Å². The van der Waals surface area contributed by atoms with Crippen LogP contribution in [0.1, 0.15) is 30.8 Å². The predicted molar refractivity (Wildman–Crippen MR) is 114 cm³/mol. The molecule has 0 saturated carbocycles. The molecule has 3 aromatic heterocycles. The summed E-state index contributed by atoms with van der Waals surface area (Å²) in [6.45, 7) is 3.57. The van der Waals surface area contributed by atoms with Gasteiger partial charge in [-0.15, -0.1) is 11.3 Å². The zero-order valence-corrected chi connectivity index (χ0v) is 18.1. The molecular weight excluding hydrogens is 441 g/mol. The molecule has 0 saturated heterocycles. The van der Waals surface area contributed by atoms with Crippen LogP contribution in [0.4, 0.5) is 24.8 Å². The minimum absolute atomic E-state index is 0.195. The minimum Gasteiger partial charge on any atom is -0.373 e. The van der Waals surface area contributed by atoms with Crippen LogP contribution in [0.5, 0.6) is 0 Å². The van der Waals surface area contributed by atoms with E-state index in [2.05, 4.69) is 25.6 Å². The summed E-state index contributed by atoms with van der Waals surface area (Å²) in [6.07, 6.45) is 1.44. The molecule has 0 aliphatic carbocycles. The number of fused-ring (bicyclic) bond motifs is 2. The van der Waals surface area contributed by atoms with Crippen molar-refractivity contribution in [3.05, 3.63) is 58.1 Å². The van der Waals surface area contributed by atoms with Gasteiger partial charge in [-0.2, -0.15) is 0 Å². The van der Waals surface area contributed by atoms with Crippen LogP contribution < -0.4 is 10.6 Å². The van der Waals surface area contributed by atoms with Gasteiger partial charge in [-0.25, -0.2) is 28.1 Å². The van der Waals surface area contributed by atoms with Crippen molar-refractivity contribution < 1.29 is 18.0 Å². The number of hydrogen-bond donors (Lipinski definition) is 2. The fraction of sp³-hybridized carbons (Fsp3) is 0.238. The lowest BCUT2D eigenvalue weighted by Crippen LogP contribution is -2.27. The van der Waals surface area contributed by atoms with Gasteiger partial charge in [0, 0.05) is 30.6 Å². The number of halogens is 3. The van der Waals surface area contributed by atoms with Crippen molar-refractivity contribution in [2.24, 2.45) is 0 Å². The van der Waals surface area contributed by atoms with Gasteiger partial charge in [0.1, 0.15) is 33.8 Å². The highest BCUT2D eigenvalue weighted by Gasteiger charge is 2.42. The summed E-state index contributed by atoms with van der Waals surface area (Å²) in [7, 11) is 1.69. The third-order valence-electron chi connectivity index (χ3n) is 5.59. The van der Waals surface area contributed by atoms with Crippen molar-refractivity contribution >= 4 is 33.7 Å². The van der Waals surface area contributed by atoms with Crippen molar-refractivity contribution in [2.45, 2.75) is 25.7 Å². The van der Waals surface area contributed by atoms with Gasteiger partial charge < -0.3 is 10.6 Å². The maximum absolute atomic E-state index is 14.2. The van der Waals surface area contributed by atoms with Gasteiger partial charge in [-0.1, -0.05) is 0 Å². The number of carbonyl (C=O) groups excluding carboxylic acids is 1. The summed E-state index contributed by atoms with van der Waals surface area (Å²) in [6, 6.07) is 1.64. The zero-order chi connectivity index (χ0) is 22.8. The summed E-state index contributed by atoms with van der Waals surface area (Å²) in [5.41, 5.74) is -0.171. The Kier molecular flexibility index (Phi) is 4.48. The molecule has 0 unspecified atom stereocenters. The molecule has 0 radical (unpaired) electrons. The van der Waals surface area contributed by atoms with Crippen molar-refractivity contribution in [2.75, 3.05) is 17.7 Å². The van der Waals surface area contributed by atoms with E-state index in [-0.39, 0.29) is 18.2 Å². The Morgan fingerprint density at radius 2 is 1.91 bits per heavy atom. The molecule has 0 fully saturated rings. The highest BCUT2D eigenvalue weighted by molar-refractivity contribution is 7.16. The van der Waals surface area contributed by atoms with Gasteiger partial charge in [0.05, 0.1) is 11.0 Å². The second kappa shape index (κ2) is 7.02. The monoisotopic (exact) mass is 458 g/mol. The van der Waals surface area contributed by atoms with Gasteiger partial charge in [0.2, 0.25) is 5.91 Å². The number of carbonyl (C=O) groups is 1. The summed E-state index contributed by atoms with van der Waals surface area (Å²) < 4.78 is 43.8. The average Bonchev–Trinajstić information content (AvgIpc) is 3.42. The van der Waals surface area contributed by atoms with Gasteiger partial charge in [0.15, 0.2) is 17.5 Å². The second-order valence-electron chi connectivity index (χ2n) is 7.90. The molecule has 1 aliphatic heterocycles. The Hall–Kier alpha value is -3.47. The lowest BCUT2D eigenvalue weighted by molar-refractivity contribution is -0.119. The van der Waals surface area contributed by atoms with Crippen LogP contribution in [0.3, 0.4) is 0 Å². The number of rotatable bonds is 4. The predicted octanol–water partition coefficient (Wildman–Crippen LogP) is 4.13. The first-order chi connectivity index (χ1) is 15.2. The number of anilines is 2. The third-order valence-corrected chi connectivity index (χ3v) is 6.46. The lowest BCUT2D eigenvalue weighted by atomic mass is 9.87. The van der Waals surface area contributed by atoms with E-state index in [9.17, 15) is 18.0 Å². The van der Waals surface area contributed by atoms with E-state index in [4.69, 9.17) is 0 Å². The third kappa shape index (κ3) is 2.88. The second-order valence-corrected chi connectivity index (χ2v) is 8.80. The number of thiazole rings is 1. The molecule has 4 aromatic rings. The van der Waals surface area contributed by atoms with Crippen molar-refractivity contribution in [1.29, 1.82) is 0 Å². The smallest absolute Gasteiger partial charge is 0.235 e. The van der Waals surface area contributed by atoms with Crippen LogP contribution in [0.15, 0.2) is 23.7 Å². The highest BCUT2D eigenvalue weighted by atomic mass is 32.1. The van der Waals surface area contributed by atoms with Crippen LogP contribution in [0.2, 0.25) is 0 Å². The van der Waals surface area contributed by atoms with Crippen LogP contribution in [0, 0.1) is 17.5 Å². The quantitative estimate of drug-likeness (QED) is 0.449. The number of aromatic nitrogens is 4. The Balaban J connectivity index is 1.66. The minimum atomic E-state index is -1.24. The van der Waals surface area contributed by atoms with Crippen LogP contribution >= 0.6 is 11.3 Å². The maximum Gasteiger partial charge on any atom is 0.235 e. The van der Waals surface area contributed by atoms with E-state index < -0.39 is 28.4 Å². The summed E-state index contributed by atoms with van der Waals surface area (Å²) in [5, 5.41) is 7.58. The first kappa shape index (κ1) is 20.4. The number of hydrogen-bond acceptors (Lipinski definition) is 6. The molecule has 5 rings (SSSR count). The average molecular weight is 458 g/mol. The summed E-state index contributed by atoms with van der Waals surface area (Å²) >= 11 is 1.35. The maximum atomic E-state index is 14.2. The standard InChI is InChI=1S/C21H17F3N6OS/c1-21(2)13-16(25-3)27-18(28-17(13)29-20(21)31)15-19-30(6-7-32-19)12(26-15)8-9-10(22)4-5-11(23)14(9)24/h4-7H,8H2,1-3H3,(H2,25,27,28,29,31). The Morgan fingerprint density at radius 1 is 1.16 bits per heavy atom. The van der Waals surface area contributed by atoms with Crippen LogP contribution in [-0.4, -0.2) is 32.3 Å². The number of amides is 1. The van der Waals surface area contributed by atoms with Gasteiger partial charge in [-0.05, 0) is 26.0 Å². The Morgan fingerprint density at radius 3 is 2.66 bits per heavy atom. The van der Waals surface area contributed by atoms with Crippen molar-refractivity contribution in [3.8, 4) is 11.5 Å². The molecular formula is C21H17F3N6OS. The first-order valence-electron chi connectivity index (χ1n) is 9.71. The largest absolute Gasteiger partial charge is 0.373 e. The molecule has 1 amide bonds. The molecule has 4 heterocycles. The van der Waals surface area contributed by atoms with Crippen LogP contribution in [-0.2, 0) is 16.6 Å². The fourth-order valence-corrected chi connectivity index (χ4v) is 4.69. The molecule has 2 N–H and O–H groups in total. The number of benzene rings is 1. The number of nitrogens with zero attached hydrogens (tertiary/aromatic N) is 4. The first-order valence-corrected chi connectivity index (χ1v) is 10.6. The van der Waals surface area contributed by atoms with Crippen molar-refractivity contribution in [3.63, 3.8) is 0 Å².